The minimum absolute atomic E-state index is 0.0694. The van der Waals surface area contributed by atoms with Crippen molar-refractivity contribution < 1.29 is 19.1 Å². The van der Waals surface area contributed by atoms with E-state index in [1.54, 1.807) is 53.1 Å². The Morgan fingerprint density at radius 3 is 2.25 bits per heavy atom. The third-order valence-electron chi connectivity index (χ3n) is 7.09. The quantitative estimate of drug-likeness (QED) is 0.187. The van der Waals surface area contributed by atoms with Crippen LogP contribution in [0.4, 0.5) is 5.95 Å². The van der Waals surface area contributed by atoms with Gasteiger partial charge in [0, 0.05) is 6.42 Å². The zero-order valence-corrected chi connectivity index (χ0v) is 21.5. The van der Waals surface area contributed by atoms with Crippen LogP contribution in [0.2, 0.25) is 0 Å². The van der Waals surface area contributed by atoms with Gasteiger partial charge in [-0.3, -0.25) is 9.78 Å². The molecule has 206 valence electrons. The molecule has 1 fully saturated rings. The Morgan fingerprint density at radius 1 is 1.02 bits per heavy atom. The Labute approximate surface area is 228 Å². The maximum Gasteiger partial charge on any atom is 0.327 e. The van der Waals surface area contributed by atoms with Gasteiger partial charge in [0.25, 0.3) is 5.56 Å². The van der Waals surface area contributed by atoms with Crippen LogP contribution in [0.1, 0.15) is 35.7 Å². The van der Waals surface area contributed by atoms with Gasteiger partial charge in [0.2, 0.25) is 5.95 Å². The molecule has 0 amide bonds. The standard InChI is InChI=1S/C28H29N7O5/c1-15-18(13-39-26(37)21(29)16-8-4-2-5-9-16)20(40-27(38)22(30)17-10-6-3-7-11-17)12-19(15)35-14-32-23-24(35)33-28(31)34-25(23)36/h2-11,14,18-22H,1,12-13,29-30H2,(H3,31,33,34,36). The Kier molecular flexibility index (Phi) is 7.45. The van der Waals surface area contributed by atoms with Crippen LogP contribution < -0.4 is 22.8 Å². The summed E-state index contributed by atoms with van der Waals surface area (Å²) < 4.78 is 13.1. The van der Waals surface area contributed by atoms with E-state index in [9.17, 15) is 14.4 Å². The fraction of sp³-hybridized carbons (Fsp3) is 0.250. The minimum Gasteiger partial charge on any atom is -0.463 e. The summed E-state index contributed by atoms with van der Waals surface area (Å²) in [7, 11) is 0. The fourth-order valence-electron chi connectivity index (χ4n) is 4.91. The Hall–Kier alpha value is -4.81. The molecule has 12 heteroatoms. The predicted octanol–water partition coefficient (Wildman–Crippen LogP) is 1.67. The lowest BCUT2D eigenvalue weighted by Gasteiger charge is -2.23. The van der Waals surface area contributed by atoms with Crippen molar-refractivity contribution >= 4 is 29.1 Å². The van der Waals surface area contributed by atoms with Crippen molar-refractivity contribution in [3.05, 3.63) is 101 Å². The van der Waals surface area contributed by atoms with Crippen molar-refractivity contribution in [1.29, 1.82) is 0 Å². The monoisotopic (exact) mass is 543 g/mol. The first-order valence-electron chi connectivity index (χ1n) is 12.6. The summed E-state index contributed by atoms with van der Waals surface area (Å²) in [4.78, 5) is 49.0. The molecule has 40 heavy (non-hydrogen) atoms. The van der Waals surface area contributed by atoms with E-state index in [0.29, 0.717) is 16.7 Å². The van der Waals surface area contributed by atoms with Gasteiger partial charge in [-0.15, -0.1) is 0 Å². The second-order valence-corrected chi connectivity index (χ2v) is 9.59. The molecule has 2 aromatic carbocycles. The average molecular weight is 544 g/mol. The van der Waals surface area contributed by atoms with Crippen LogP contribution >= 0.6 is 0 Å². The number of nitrogens with one attached hydrogen (secondary N) is 1. The lowest BCUT2D eigenvalue weighted by molar-refractivity contribution is -0.155. The maximum atomic E-state index is 13.1. The van der Waals surface area contributed by atoms with Crippen molar-refractivity contribution in [1.82, 2.24) is 19.5 Å². The Bertz CT molecular complexity index is 1600. The number of rotatable bonds is 8. The summed E-state index contributed by atoms with van der Waals surface area (Å²) in [6.07, 6.45) is 0.951. The van der Waals surface area contributed by atoms with E-state index in [1.165, 1.54) is 6.33 Å². The molecule has 1 saturated carbocycles. The highest BCUT2D eigenvalue weighted by molar-refractivity contribution is 5.78. The molecule has 2 heterocycles. The number of carbonyl (C=O) groups is 2. The normalized spacial score (nSPS) is 20.2. The number of aromatic nitrogens is 4. The molecular formula is C28H29N7O5. The average Bonchev–Trinajstić information content (AvgIpc) is 3.52. The maximum absolute atomic E-state index is 13.1. The molecule has 5 rings (SSSR count). The van der Waals surface area contributed by atoms with Crippen LogP contribution in [0, 0.1) is 5.92 Å². The number of imidazole rings is 1. The van der Waals surface area contributed by atoms with Crippen molar-refractivity contribution in [2.24, 2.45) is 17.4 Å². The van der Waals surface area contributed by atoms with Gasteiger partial charge >= 0.3 is 11.9 Å². The molecule has 0 spiro atoms. The number of nitrogens with two attached hydrogens (primary N) is 3. The molecule has 2 aromatic heterocycles. The summed E-state index contributed by atoms with van der Waals surface area (Å²) in [5, 5.41) is 0. The van der Waals surface area contributed by atoms with Crippen molar-refractivity contribution in [2.45, 2.75) is 30.7 Å². The van der Waals surface area contributed by atoms with Gasteiger partial charge in [-0.25, -0.2) is 14.6 Å². The molecule has 1 aliphatic rings. The van der Waals surface area contributed by atoms with Gasteiger partial charge in [0.15, 0.2) is 11.2 Å². The highest BCUT2D eigenvalue weighted by Gasteiger charge is 2.43. The van der Waals surface area contributed by atoms with Crippen LogP contribution in [0.3, 0.4) is 0 Å². The molecule has 0 radical (unpaired) electrons. The number of hydrogen-bond acceptors (Lipinski definition) is 10. The SMILES string of the molecule is C=C1C(COC(=O)C(N)c2ccccc2)C(OC(=O)C(N)c2ccccc2)CC1n1cnc2c(=O)[nH]c(N)nc21. The van der Waals surface area contributed by atoms with Crippen LogP contribution in [0.25, 0.3) is 11.2 Å². The molecule has 5 atom stereocenters. The Morgan fingerprint density at radius 2 is 1.62 bits per heavy atom. The summed E-state index contributed by atoms with van der Waals surface area (Å²) in [6, 6.07) is 15.2. The van der Waals surface area contributed by atoms with Gasteiger partial charge in [0.1, 0.15) is 24.8 Å². The lowest BCUT2D eigenvalue weighted by Crippen LogP contribution is -2.33. The first-order chi connectivity index (χ1) is 19.2. The van der Waals surface area contributed by atoms with Gasteiger partial charge in [-0.05, 0) is 16.7 Å². The summed E-state index contributed by atoms with van der Waals surface area (Å²) >= 11 is 0. The van der Waals surface area contributed by atoms with E-state index in [-0.39, 0.29) is 30.1 Å². The van der Waals surface area contributed by atoms with Crippen LogP contribution in [0.15, 0.2) is 83.9 Å². The fourth-order valence-corrected chi connectivity index (χ4v) is 4.91. The van der Waals surface area contributed by atoms with Crippen molar-refractivity contribution in [3.8, 4) is 0 Å². The van der Waals surface area contributed by atoms with E-state index < -0.39 is 47.6 Å². The second kappa shape index (κ2) is 11.1. The number of fused-ring (bicyclic) bond motifs is 1. The predicted molar refractivity (Wildman–Crippen MR) is 146 cm³/mol. The summed E-state index contributed by atoms with van der Waals surface area (Å²) in [5.41, 5.74) is 19.7. The molecule has 5 unspecified atom stereocenters. The summed E-state index contributed by atoms with van der Waals surface area (Å²) in [5.74, 6) is -1.94. The van der Waals surface area contributed by atoms with E-state index in [2.05, 4.69) is 21.5 Å². The van der Waals surface area contributed by atoms with E-state index in [4.69, 9.17) is 26.7 Å². The number of nitrogens with zero attached hydrogens (tertiary/aromatic N) is 3. The zero-order chi connectivity index (χ0) is 28.4. The molecule has 0 aliphatic heterocycles. The number of carbonyl (C=O) groups excluding carboxylic acids is 2. The molecule has 0 bridgehead atoms. The van der Waals surface area contributed by atoms with Gasteiger partial charge in [0.05, 0.1) is 18.3 Å². The zero-order valence-electron chi connectivity index (χ0n) is 21.5. The molecule has 1 aliphatic carbocycles. The van der Waals surface area contributed by atoms with Gasteiger partial charge < -0.3 is 31.2 Å². The number of nitrogen functional groups attached to an aromatic ring is 1. The number of aromatic amines is 1. The first kappa shape index (κ1) is 26.8. The molecule has 7 N–H and O–H groups in total. The largest absolute Gasteiger partial charge is 0.463 e. The van der Waals surface area contributed by atoms with Crippen molar-refractivity contribution in [3.63, 3.8) is 0 Å². The number of hydrogen-bond donors (Lipinski definition) is 4. The topological polar surface area (TPSA) is 194 Å². The number of H-pyrrole nitrogens is 1. The minimum atomic E-state index is -1.02. The number of esters is 2. The third-order valence-corrected chi connectivity index (χ3v) is 7.09. The highest BCUT2D eigenvalue weighted by atomic mass is 16.6. The summed E-state index contributed by atoms with van der Waals surface area (Å²) in [6.45, 7) is 4.08. The molecule has 12 nitrogen and oxygen atoms in total. The number of anilines is 1. The lowest BCUT2D eigenvalue weighted by atomic mass is 10.0. The second-order valence-electron chi connectivity index (χ2n) is 9.59. The smallest absolute Gasteiger partial charge is 0.327 e. The Balaban J connectivity index is 1.40. The van der Waals surface area contributed by atoms with E-state index in [1.807, 2.05) is 12.1 Å². The first-order valence-corrected chi connectivity index (χ1v) is 12.6. The van der Waals surface area contributed by atoms with Crippen LogP contribution in [-0.4, -0.2) is 44.2 Å². The van der Waals surface area contributed by atoms with Gasteiger partial charge in [-0.1, -0.05) is 67.2 Å². The highest BCUT2D eigenvalue weighted by Crippen LogP contribution is 2.42. The molecule has 4 aromatic rings. The van der Waals surface area contributed by atoms with Gasteiger partial charge in [-0.2, -0.15) is 4.98 Å². The number of benzene rings is 2. The third kappa shape index (κ3) is 5.22. The molecule has 0 saturated heterocycles. The number of ether oxygens (including phenoxy) is 2. The van der Waals surface area contributed by atoms with Crippen molar-refractivity contribution in [2.75, 3.05) is 12.3 Å². The van der Waals surface area contributed by atoms with Crippen LogP contribution in [-0.2, 0) is 19.1 Å². The van der Waals surface area contributed by atoms with Crippen LogP contribution in [0.5, 0.6) is 0 Å². The van der Waals surface area contributed by atoms with E-state index >= 15 is 0 Å². The molecular weight excluding hydrogens is 514 g/mol. The van der Waals surface area contributed by atoms with E-state index in [0.717, 1.165) is 0 Å².